The first-order valence-corrected chi connectivity index (χ1v) is 7.19. The maximum absolute atomic E-state index is 4.26. The van der Waals surface area contributed by atoms with Crippen LogP contribution in [0.2, 0.25) is 0 Å². The number of benzene rings is 1. The molecule has 2 aromatic rings. The highest BCUT2D eigenvalue weighted by atomic mass is 79.9. The van der Waals surface area contributed by atoms with E-state index in [1.807, 2.05) is 12.5 Å². The number of aryl methyl sites for hydroxylation is 1. The van der Waals surface area contributed by atoms with Crippen molar-refractivity contribution in [3.8, 4) is 5.69 Å². The van der Waals surface area contributed by atoms with Gasteiger partial charge in [0.2, 0.25) is 0 Å². The van der Waals surface area contributed by atoms with Crippen LogP contribution in [0, 0.1) is 6.92 Å². The van der Waals surface area contributed by atoms with Gasteiger partial charge in [0.15, 0.2) is 0 Å². The number of hydrogen-bond donors (Lipinski definition) is 1. The lowest BCUT2D eigenvalue weighted by atomic mass is 10.1. The number of hydrogen-bond acceptors (Lipinski definition) is 2. The van der Waals surface area contributed by atoms with Gasteiger partial charge in [-0.05, 0) is 45.4 Å². The van der Waals surface area contributed by atoms with Gasteiger partial charge >= 0.3 is 0 Å². The van der Waals surface area contributed by atoms with Crippen LogP contribution in [-0.4, -0.2) is 15.1 Å². The zero-order valence-electron chi connectivity index (χ0n) is 11.9. The molecule has 0 fully saturated rings. The second kappa shape index (κ2) is 5.47. The third-order valence-electron chi connectivity index (χ3n) is 2.95. The van der Waals surface area contributed by atoms with Gasteiger partial charge < -0.3 is 9.88 Å². The predicted molar refractivity (Wildman–Crippen MR) is 82.6 cm³/mol. The zero-order valence-corrected chi connectivity index (χ0v) is 13.5. The second-order valence-electron chi connectivity index (χ2n) is 5.79. The van der Waals surface area contributed by atoms with E-state index in [-0.39, 0.29) is 5.54 Å². The van der Waals surface area contributed by atoms with Gasteiger partial charge in [-0.25, -0.2) is 4.98 Å². The summed E-state index contributed by atoms with van der Waals surface area (Å²) in [5, 5.41) is 3.49. The van der Waals surface area contributed by atoms with Gasteiger partial charge in [-0.15, -0.1) is 0 Å². The lowest BCUT2D eigenvalue weighted by Gasteiger charge is -2.21. The molecule has 2 rings (SSSR count). The van der Waals surface area contributed by atoms with Crippen molar-refractivity contribution in [3.63, 3.8) is 0 Å². The van der Waals surface area contributed by atoms with E-state index in [0.717, 1.165) is 22.4 Å². The highest BCUT2D eigenvalue weighted by Gasteiger charge is 2.11. The summed E-state index contributed by atoms with van der Waals surface area (Å²) in [5.41, 5.74) is 3.62. The normalized spacial score (nSPS) is 11.8. The van der Waals surface area contributed by atoms with E-state index in [1.54, 1.807) is 0 Å². The lowest BCUT2D eigenvalue weighted by Crippen LogP contribution is -2.35. The highest BCUT2D eigenvalue weighted by Crippen LogP contribution is 2.21. The van der Waals surface area contributed by atoms with E-state index in [2.05, 4.69) is 76.7 Å². The minimum absolute atomic E-state index is 0.100. The molecule has 102 valence electrons. The summed E-state index contributed by atoms with van der Waals surface area (Å²) in [5.74, 6) is 0. The molecule has 4 heteroatoms. The SMILES string of the molecule is Cc1ccc(-n2cncc2CNC(C)(C)C)cc1Br. The average Bonchev–Trinajstić information content (AvgIpc) is 2.77. The number of nitrogens with zero attached hydrogens (tertiary/aromatic N) is 2. The van der Waals surface area contributed by atoms with E-state index in [1.165, 1.54) is 5.56 Å². The summed E-state index contributed by atoms with van der Waals surface area (Å²) in [7, 11) is 0. The molecule has 0 bridgehead atoms. The Balaban J connectivity index is 2.26. The summed E-state index contributed by atoms with van der Waals surface area (Å²) in [6, 6.07) is 6.35. The Bertz CT molecular complexity index is 567. The van der Waals surface area contributed by atoms with Crippen molar-refractivity contribution in [2.75, 3.05) is 0 Å². The van der Waals surface area contributed by atoms with Crippen molar-refractivity contribution in [1.82, 2.24) is 14.9 Å². The summed E-state index contributed by atoms with van der Waals surface area (Å²) >= 11 is 3.58. The molecule has 0 atom stereocenters. The molecule has 0 aliphatic carbocycles. The van der Waals surface area contributed by atoms with E-state index in [0.29, 0.717) is 0 Å². The Hall–Kier alpha value is -1.13. The molecule has 0 saturated heterocycles. The number of imidazole rings is 1. The van der Waals surface area contributed by atoms with Gasteiger partial charge in [-0.3, -0.25) is 0 Å². The van der Waals surface area contributed by atoms with Gasteiger partial charge in [0.25, 0.3) is 0 Å². The zero-order chi connectivity index (χ0) is 14.0. The number of halogens is 1. The molecule has 1 aromatic carbocycles. The number of nitrogens with one attached hydrogen (secondary N) is 1. The predicted octanol–water partition coefficient (Wildman–Crippen LogP) is 3.83. The Morgan fingerprint density at radius 3 is 2.68 bits per heavy atom. The molecule has 3 nitrogen and oxygen atoms in total. The third kappa shape index (κ3) is 3.67. The minimum Gasteiger partial charge on any atom is -0.306 e. The smallest absolute Gasteiger partial charge is 0.0994 e. The summed E-state index contributed by atoms with van der Waals surface area (Å²) < 4.78 is 3.23. The van der Waals surface area contributed by atoms with Crippen molar-refractivity contribution in [2.45, 2.75) is 39.8 Å². The first kappa shape index (κ1) is 14.3. The Morgan fingerprint density at radius 1 is 1.32 bits per heavy atom. The fraction of sp³-hybridized carbons (Fsp3) is 0.400. The maximum atomic E-state index is 4.26. The van der Waals surface area contributed by atoms with Gasteiger partial charge in [0.05, 0.1) is 12.0 Å². The van der Waals surface area contributed by atoms with Crippen LogP contribution in [-0.2, 0) is 6.54 Å². The van der Waals surface area contributed by atoms with Crippen molar-refractivity contribution < 1.29 is 0 Å². The van der Waals surface area contributed by atoms with Crippen LogP contribution >= 0.6 is 15.9 Å². The van der Waals surface area contributed by atoms with Gasteiger partial charge in [0.1, 0.15) is 0 Å². The van der Waals surface area contributed by atoms with Crippen LogP contribution in [0.15, 0.2) is 35.2 Å². The lowest BCUT2D eigenvalue weighted by molar-refractivity contribution is 0.419. The molecule has 0 aliphatic heterocycles. The standard InChI is InChI=1S/C15H20BrN3/c1-11-5-6-12(7-14(11)16)19-10-17-8-13(19)9-18-15(2,3)4/h5-8,10,18H,9H2,1-4H3. The summed E-state index contributed by atoms with van der Waals surface area (Å²) in [6.07, 6.45) is 3.77. The fourth-order valence-corrected chi connectivity index (χ4v) is 2.14. The molecule has 0 saturated carbocycles. The largest absolute Gasteiger partial charge is 0.306 e. The third-order valence-corrected chi connectivity index (χ3v) is 3.80. The van der Waals surface area contributed by atoms with Gasteiger partial charge in [0, 0.05) is 28.4 Å². The highest BCUT2D eigenvalue weighted by molar-refractivity contribution is 9.10. The molecule has 1 aromatic heterocycles. The molecule has 0 radical (unpaired) electrons. The van der Waals surface area contributed by atoms with Crippen molar-refractivity contribution in [2.24, 2.45) is 0 Å². The Labute approximate surface area is 123 Å². The van der Waals surface area contributed by atoms with Gasteiger partial charge in [-0.2, -0.15) is 0 Å². The molecule has 1 N–H and O–H groups in total. The van der Waals surface area contributed by atoms with Crippen LogP contribution in [0.25, 0.3) is 5.69 Å². The van der Waals surface area contributed by atoms with Crippen LogP contribution in [0.4, 0.5) is 0 Å². The van der Waals surface area contributed by atoms with E-state index < -0.39 is 0 Å². The van der Waals surface area contributed by atoms with Crippen LogP contribution < -0.4 is 5.32 Å². The van der Waals surface area contributed by atoms with E-state index in [4.69, 9.17) is 0 Å². The number of aromatic nitrogens is 2. The topological polar surface area (TPSA) is 29.9 Å². The van der Waals surface area contributed by atoms with Crippen molar-refractivity contribution in [3.05, 3.63) is 46.5 Å². The molecular formula is C15H20BrN3. The first-order chi connectivity index (χ1) is 8.87. The molecule has 0 amide bonds. The molecular weight excluding hydrogens is 302 g/mol. The number of rotatable bonds is 3. The Morgan fingerprint density at radius 2 is 2.05 bits per heavy atom. The molecule has 0 unspecified atom stereocenters. The van der Waals surface area contributed by atoms with Crippen LogP contribution in [0.3, 0.4) is 0 Å². The molecule has 19 heavy (non-hydrogen) atoms. The molecule has 0 spiro atoms. The van der Waals surface area contributed by atoms with E-state index in [9.17, 15) is 0 Å². The van der Waals surface area contributed by atoms with Crippen molar-refractivity contribution >= 4 is 15.9 Å². The minimum atomic E-state index is 0.100. The summed E-state index contributed by atoms with van der Waals surface area (Å²) in [4.78, 5) is 4.26. The summed E-state index contributed by atoms with van der Waals surface area (Å²) in [6.45, 7) is 9.38. The Kier molecular flexibility index (Phi) is 4.11. The van der Waals surface area contributed by atoms with Crippen LogP contribution in [0.5, 0.6) is 0 Å². The fourth-order valence-electron chi connectivity index (χ4n) is 1.77. The van der Waals surface area contributed by atoms with E-state index >= 15 is 0 Å². The average molecular weight is 322 g/mol. The monoisotopic (exact) mass is 321 g/mol. The maximum Gasteiger partial charge on any atom is 0.0994 e. The van der Waals surface area contributed by atoms with Crippen LogP contribution in [0.1, 0.15) is 32.0 Å². The molecule has 0 aliphatic rings. The first-order valence-electron chi connectivity index (χ1n) is 6.39. The molecule has 1 heterocycles. The quantitative estimate of drug-likeness (QED) is 0.931. The van der Waals surface area contributed by atoms with Gasteiger partial charge in [-0.1, -0.05) is 22.0 Å². The second-order valence-corrected chi connectivity index (χ2v) is 6.65. The van der Waals surface area contributed by atoms with Crippen molar-refractivity contribution in [1.29, 1.82) is 0 Å².